The average molecular weight is 270 g/mol. The average Bonchev–Trinajstić information content (AvgIpc) is 2.38. The number of hydrogen-bond donors (Lipinski definition) is 1. The van der Waals surface area contributed by atoms with Crippen molar-refractivity contribution in [3.8, 4) is 0 Å². The second kappa shape index (κ2) is 5.85. The van der Waals surface area contributed by atoms with Crippen LogP contribution in [0.25, 0.3) is 0 Å². The highest BCUT2D eigenvalue weighted by atomic mass is 32.1. The first-order valence-electron chi connectivity index (χ1n) is 7.19. The van der Waals surface area contributed by atoms with E-state index in [1.807, 2.05) is 0 Å². The third-order valence-corrected chi connectivity index (χ3v) is 5.17. The molecule has 104 valence electrons. The van der Waals surface area contributed by atoms with Gasteiger partial charge >= 0.3 is 0 Å². The van der Waals surface area contributed by atoms with Crippen molar-refractivity contribution < 1.29 is 4.74 Å². The van der Waals surface area contributed by atoms with Crippen molar-refractivity contribution in [2.75, 3.05) is 13.7 Å². The molecule has 3 nitrogen and oxygen atoms in total. The van der Waals surface area contributed by atoms with Gasteiger partial charge in [-0.2, -0.15) is 0 Å². The fourth-order valence-corrected chi connectivity index (χ4v) is 3.58. The molecule has 1 saturated heterocycles. The van der Waals surface area contributed by atoms with E-state index in [9.17, 15) is 0 Å². The van der Waals surface area contributed by atoms with Crippen LogP contribution in [0.15, 0.2) is 0 Å². The number of ether oxygens (including phenoxy) is 1. The van der Waals surface area contributed by atoms with Crippen LogP contribution in [0, 0.1) is 0 Å². The van der Waals surface area contributed by atoms with Crippen LogP contribution in [0.2, 0.25) is 0 Å². The summed E-state index contributed by atoms with van der Waals surface area (Å²) in [5.74, 6) is 0. The maximum atomic E-state index is 6.14. The van der Waals surface area contributed by atoms with E-state index in [2.05, 4.69) is 18.9 Å². The molecule has 4 heteroatoms. The second-order valence-corrected chi connectivity index (χ2v) is 6.45. The normalized spacial score (nSPS) is 29.4. The molecule has 2 fully saturated rings. The minimum atomic E-state index is 0.158. The third-order valence-electron chi connectivity index (χ3n) is 4.83. The van der Waals surface area contributed by atoms with Crippen LogP contribution in [0.5, 0.6) is 0 Å². The summed E-state index contributed by atoms with van der Waals surface area (Å²) in [4.78, 5) is 2.95. The molecule has 1 spiro atoms. The molecule has 2 aliphatic rings. The molecular formula is C14H26N2OS. The summed E-state index contributed by atoms with van der Waals surface area (Å²) in [5, 5.41) is 0. The minimum Gasteiger partial charge on any atom is -0.392 e. The minimum absolute atomic E-state index is 0.158. The molecule has 0 amide bonds. The van der Waals surface area contributed by atoms with Gasteiger partial charge in [0.05, 0.1) is 16.6 Å². The lowest BCUT2D eigenvalue weighted by Gasteiger charge is -2.46. The highest BCUT2D eigenvalue weighted by molar-refractivity contribution is 7.80. The predicted molar refractivity (Wildman–Crippen MR) is 78.8 cm³/mol. The van der Waals surface area contributed by atoms with E-state index >= 15 is 0 Å². The lowest BCUT2D eigenvalue weighted by molar-refractivity contribution is -0.123. The summed E-state index contributed by atoms with van der Waals surface area (Å²) in [6.07, 6.45) is 8.73. The number of thiocarbonyl (C=S) groups is 1. The van der Waals surface area contributed by atoms with Crippen LogP contribution >= 0.6 is 12.2 Å². The first-order valence-corrected chi connectivity index (χ1v) is 7.60. The van der Waals surface area contributed by atoms with Crippen LogP contribution in [0.1, 0.15) is 51.9 Å². The van der Waals surface area contributed by atoms with Gasteiger partial charge in [-0.1, -0.05) is 31.5 Å². The quantitative estimate of drug-likeness (QED) is 0.800. The van der Waals surface area contributed by atoms with Crippen LogP contribution in [-0.4, -0.2) is 41.2 Å². The van der Waals surface area contributed by atoms with Crippen molar-refractivity contribution in [1.82, 2.24) is 4.90 Å². The molecule has 1 heterocycles. The molecule has 0 aromatic heterocycles. The van der Waals surface area contributed by atoms with Crippen LogP contribution in [0.3, 0.4) is 0 Å². The number of rotatable bonds is 3. The molecule has 2 atom stereocenters. The summed E-state index contributed by atoms with van der Waals surface area (Å²) in [7, 11) is 2.15. The highest BCUT2D eigenvalue weighted by Crippen LogP contribution is 2.39. The van der Waals surface area contributed by atoms with E-state index in [0.29, 0.717) is 11.0 Å². The maximum Gasteiger partial charge on any atom is 0.0899 e. The topological polar surface area (TPSA) is 38.5 Å². The predicted octanol–water partition coefficient (Wildman–Crippen LogP) is 2.47. The van der Waals surface area contributed by atoms with Gasteiger partial charge in [0, 0.05) is 12.6 Å². The van der Waals surface area contributed by atoms with Crippen molar-refractivity contribution in [2.45, 2.75) is 69.6 Å². The molecule has 1 aliphatic carbocycles. The molecule has 2 rings (SSSR count). The Labute approximate surface area is 116 Å². The Morgan fingerprint density at radius 3 is 2.67 bits per heavy atom. The van der Waals surface area contributed by atoms with Crippen molar-refractivity contribution >= 4 is 17.2 Å². The fraction of sp³-hybridized carbons (Fsp3) is 0.929. The highest BCUT2D eigenvalue weighted by Gasteiger charge is 2.40. The van der Waals surface area contributed by atoms with Crippen molar-refractivity contribution in [3.05, 3.63) is 0 Å². The zero-order valence-corrected chi connectivity index (χ0v) is 12.5. The second-order valence-electron chi connectivity index (χ2n) is 5.98. The summed E-state index contributed by atoms with van der Waals surface area (Å²) in [6, 6.07) is 0.747. The smallest absolute Gasteiger partial charge is 0.0899 e. The Balaban J connectivity index is 1.99. The lowest BCUT2D eigenvalue weighted by Crippen LogP contribution is -2.52. The Morgan fingerprint density at radius 2 is 2.06 bits per heavy atom. The molecule has 0 aromatic rings. The molecule has 2 N–H and O–H groups in total. The van der Waals surface area contributed by atoms with Gasteiger partial charge in [0.15, 0.2) is 0 Å². The van der Waals surface area contributed by atoms with Crippen LogP contribution < -0.4 is 5.73 Å². The van der Waals surface area contributed by atoms with Gasteiger partial charge in [-0.25, -0.2) is 0 Å². The molecule has 0 bridgehead atoms. The first-order chi connectivity index (χ1) is 8.54. The van der Waals surface area contributed by atoms with Gasteiger partial charge in [-0.3, -0.25) is 4.90 Å². The van der Waals surface area contributed by atoms with E-state index in [0.717, 1.165) is 19.4 Å². The summed E-state index contributed by atoms with van der Waals surface area (Å²) in [6.45, 7) is 2.99. The van der Waals surface area contributed by atoms with Crippen molar-refractivity contribution in [1.29, 1.82) is 0 Å². The van der Waals surface area contributed by atoms with E-state index in [4.69, 9.17) is 22.7 Å². The molecule has 0 radical (unpaired) electrons. The maximum absolute atomic E-state index is 6.14. The van der Waals surface area contributed by atoms with Gasteiger partial charge in [-0.15, -0.1) is 0 Å². The SMILES string of the molecule is CC(C(N)=S)N(C)C1CCOC2(CCCCC2)C1. The number of hydrogen-bond acceptors (Lipinski definition) is 3. The molecule has 18 heavy (non-hydrogen) atoms. The van der Waals surface area contributed by atoms with Crippen molar-refractivity contribution in [2.24, 2.45) is 5.73 Å². The largest absolute Gasteiger partial charge is 0.392 e. The number of nitrogens with two attached hydrogens (primary N) is 1. The molecule has 1 aliphatic heterocycles. The Morgan fingerprint density at radius 1 is 1.39 bits per heavy atom. The van der Waals surface area contributed by atoms with Crippen LogP contribution in [0.4, 0.5) is 0 Å². The fourth-order valence-electron chi connectivity index (χ4n) is 3.41. The van der Waals surface area contributed by atoms with E-state index in [1.54, 1.807) is 0 Å². The van der Waals surface area contributed by atoms with Gasteiger partial charge < -0.3 is 10.5 Å². The summed E-state index contributed by atoms with van der Waals surface area (Å²) >= 11 is 5.12. The van der Waals surface area contributed by atoms with E-state index < -0.39 is 0 Å². The van der Waals surface area contributed by atoms with Gasteiger partial charge in [0.1, 0.15) is 0 Å². The zero-order chi connectivity index (χ0) is 13.2. The van der Waals surface area contributed by atoms with Gasteiger partial charge in [-0.05, 0) is 39.7 Å². The molecule has 1 saturated carbocycles. The van der Waals surface area contributed by atoms with Gasteiger partial charge in [0.2, 0.25) is 0 Å². The summed E-state index contributed by atoms with van der Waals surface area (Å²) < 4.78 is 6.14. The van der Waals surface area contributed by atoms with Gasteiger partial charge in [0.25, 0.3) is 0 Å². The Kier molecular flexibility index (Phi) is 4.62. The summed E-state index contributed by atoms with van der Waals surface area (Å²) in [5.41, 5.74) is 5.93. The zero-order valence-electron chi connectivity index (χ0n) is 11.7. The molecule has 0 aromatic carbocycles. The number of likely N-dealkylation sites (N-methyl/N-ethyl adjacent to an activating group) is 1. The molecule has 2 unspecified atom stereocenters. The number of nitrogens with zero attached hydrogens (tertiary/aromatic N) is 1. The first kappa shape index (κ1) is 14.2. The van der Waals surface area contributed by atoms with E-state index in [-0.39, 0.29) is 11.6 Å². The Hall–Kier alpha value is -0.190. The standard InChI is InChI=1S/C14H26N2OS/c1-11(13(15)18)16(2)12-6-9-17-14(10-12)7-4-3-5-8-14/h11-12H,3-10H2,1-2H3,(H2,15,18). The van der Waals surface area contributed by atoms with Crippen LogP contribution in [-0.2, 0) is 4.74 Å². The Bertz CT molecular complexity index is 297. The third kappa shape index (κ3) is 3.03. The monoisotopic (exact) mass is 270 g/mol. The van der Waals surface area contributed by atoms with Crippen molar-refractivity contribution in [3.63, 3.8) is 0 Å². The molecular weight excluding hydrogens is 244 g/mol. The lowest BCUT2D eigenvalue weighted by atomic mass is 9.78. The van der Waals surface area contributed by atoms with E-state index in [1.165, 1.54) is 32.1 Å².